The third-order valence-electron chi connectivity index (χ3n) is 3.43. The van der Waals surface area contributed by atoms with Crippen LogP contribution in [0.5, 0.6) is 5.75 Å². The molecule has 140 valence electrons. The molecule has 0 aliphatic heterocycles. The summed E-state index contributed by atoms with van der Waals surface area (Å²) >= 11 is 5.96. The SMILES string of the molecule is NCCCNS(=O)(=O)c1ccc(COc2c(Cl)cccc2[N+](=O)[O-])cc1. The zero-order valence-corrected chi connectivity index (χ0v) is 15.3. The molecule has 0 amide bonds. The van der Waals surface area contributed by atoms with Crippen molar-refractivity contribution in [2.75, 3.05) is 13.1 Å². The molecule has 2 aromatic carbocycles. The minimum Gasteiger partial charge on any atom is -0.481 e. The maximum absolute atomic E-state index is 12.1. The van der Waals surface area contributed by atoms with Crippen molar-refractivity contribution in [1.82, 2.24) is 4.72 Å². The van der Waals surface area contributed by atoms with E-state index in [0.717, 1.165) is 0 Å². The van der Waals surface area contributed by atoms with E-state index in [4.69, 9.17) is 22.1 Å². The number of sulfonamides is 1. The molecular formula is C16H18ClN3O5S. The van der Waals surface area contributed by atoms with Crippen LogP contribution in [0.3, 0.4) is 0 Å². The Labute approximate surface area is 156 Å². The average molecular weight is 400 g/mol. The number of ether oxygens (including phenoxy) is 1. The van der Waals surface area contributed by atoms with E-state index in [0.29, 0.717) is 18.5 Å². The Hall–Kier alpha value is -2.20. The maximum atomic E-state index is 12.1. The molecular weight excluding hydrogens is 382 g/mol. The summed E-state index contributed by atoms with van der Waals surface area (Å²) in [6, 6.07) is 10.3. The van der Waals surface area contributed by atoms with Crippen LogP contribution in [0.25, 0.3) is 0 Å². The zero-order valence-electron chi connectivity index (χ0n) is 13.7. The van der Waals surface area contributed by atoms with Crippen LogP contribution in [-0.4, -0.2) is 26.4 Å². The number of nitro benzene ring substituents is 1. The first-order valence-electron chi connectivity index (χ1n) is 7.69. The Morgan fingerprint density at radius 1 is 1.19 bits per heavy atom. The van der Waals surface area contributed by atoms with Gasteiger partial charge in [-0.05, 0) is 36.7 Å². The van der Waals surface area contributed by atoms with E-state index in [1.807, 2.05) is 0 Å². The first-order chi connectivity index (χ1) is 12.3. The highest BCUT2D eigenvalue weighted by molar-refractivity contribution is 7.89. The molecule has 0 aliphatic carbocycles. The summed E-state index contributed by atoms with van der Waals surface area (Å²) in [5, 5.41) is 11.2. The minimum atomic E-state index is -3.60. The van der Waals surface area contributed by atoms with Gasteiger partial charge in [0.25, 0.3) is 0 Å². The lowest BCUT2D eigenvalue weighted by Gasteiger charge is -2.10. The summed E-state index contributed by atoms with van der Waals surface area (Å²) in [7, 11) is -3.60. The van der Waals surface area contributed by atoms with Gasteiger partial charge in [-0.3, -0.25) is 10.1 Å². The average Bonchev–Trinajstić information content (AvgIpc) is 2.61. The summed E-state index contributed by atoms with van der Waals surface area (Å²) in [4.78, 5) is 10.6. The van der Waals surface area contributed by atoms with Gasteiger partial charge in [0.15, 0.2) is 0 Å². The number of rotatable bonds is 9. The second-order valence-electron chi connectivity index (χ2n) is 5.32. The molecule has 0 atom stereocenters. The molecule has 0 aromatic heterocycles. The number of nitrogens with zero attached hydrogens (tertiary/aromatic N) is 1. The molecule has 2 rings (SSSR count). The van der Waals surface area contributed by atoms with Gasteiger partial charge in [-0.25, -0.2) is 13.1 Å². The molecule has 0 radical (unpaired) electrons. The third kappa shape index (κ3) is 5.15. The summed E-state index contributed by atoms with van der Waals surface area (Å²) in [6.45, 7) is 0.665. The van der Waals surface area contributed by atoms with Crippen LogP contribution in [-0.2, 0) is 16.6 Å². The standard InChI is InChI=1S/C16H18ClN3O5S/c17-14-3-1-4-15(20(21)22)16(14)25-11-12-5-7-13(8-6-12)26(23,24)19-10-2-9-18/h1,3-8,19H,2,9-11,18H2. The van der Waals surface area contributed by atoms with E-state index in [9.17, 15) is 18.5 Å². The number of para-hydroxylation sites is 1. The number of halogens is 1. The molecule has 0 fully saturated rings. The molecule has 0 saturated heterocycles. The quantitative estimate of drug-likeness (QED) is 0.379. The van der Waals surface area contributed by atoms with Gasteiger partial charge < -0.3 is 10.5 Å². The largest absolute Gasteiger partial charge is 0.481 e. The van der Waals surface area contributed by atoms with E-state index < -0.39 is 14.9 Å². The van der Waals surface area contributed by atoms with Crippen LogP contribution >= 0.6 is 11.6 Å². The van der Waals surface area contributed by atoms with E-state index in [2.05, 4.69) is 4.72 Å². The number of nitrogens with two attached hydrogens (primary N) is 1. The predicted molar refractivity (Wildman–Crippen MR) is 97.7 cm³/mol. The van der Waals surface area contributed by atoms with Gasteiger partial charge in [-0.15, -0.1) is 0 Å². The predicted octanol–water partition coefficient (Wildman–Crippen LogP) is 2.45. The molecule has 10 heteroatoms. The van der Waals surface area contributed by atoms with E-state index in [1.54, 1.807) is 12.1 Å². The first kappa shape index (κ1) is 20.1. The monoisotopic (exact) mass is 399 g/mol. The first-order valence-corrected chi connectivity index (χ1v) is 9.55. The molecule has 3 N–H and O–H groups in total. The van der Waals surface area contributed by atoms with Gasteiger partial charge in [0.05, 0.1) is 14.8 Å². The molecule has 0 heterocycles. The van der Waals surface area contributed by atoms with Gasteiger partial charge in [0, 0.05) is 12.6 Å². The van der Waals surface area contributed by atoms with Crippen molar-refractivity contribution < 1.29 is 18.1 Å². The molecule has 0 aliphatic rings. The zero-order chi connectivity index (χ0) is 19.2. The van der Waals surface area contributed by atoms with Crippen molar-refractivity contribution in [3.05, 3.63) is 63.2 Å². The highest BCUT2D eigenvalue weighted by Gasteiger charge is 2.18. The molecule has 8 nitrogen and oxygen atoms in total. The summed E-state index contributed by atoms with van der Waals surface area (Å²) < 4.78 is 32.1. The van der Waals surface area contributed by atoms with Crippen LogP contribution in [0, 0.1) is 10.1 Å². The van der Waals surface area contributed by atoms with Crippen molar-refractivity contribution in [3.8, 4) is 5.75 Å². The number of nitro groups is 1. The van der Waals surface area contributed by atoms with Crippen LogP contribution < -0.4 is 15.2 Å². The second kappa shape index (κ2) is 8.95. The number of nitrogens with one attached hydrogen (secondary N) is 1. The lowest BCUT2D eigenvalue weighted by atomic mass is 10.2. The second-order valence-corrected chi connectivity index (χ2v) is 7.49. The molecule has 0 saturated carbocycles. The minimum absolute atomic E-state index is 0.00546. The van der Waals surface area contributed by atoms with Crippen molar-refractivity contribution in [1.29, 1.82) is 0 Å². The van der Waals surface area contributed by atoms with Crippen molar-refractivity contribution in [3.63, 3.8) is 0 Å². The van der Waals surface area contributed by atoms with Crippen LogP contribution in [0.2, 0.25) is 5.02 Å². The summed E-state index contributed by atoms with van der Waals surface area (Å²) in [6.07, 6.45) is 0.543. The van der Waals surface area contributed by atoms with Crippen LogP contribution in [0.15, 0.2) is 47.4 Å². The molecule has 0 spiro atoms. The molecule has 0 unspecified atom stereocenters. The number of hydrogen-bond acceptors (Lipinski definition) is 6. The Balaban J connectivity index is 2.08. The highest BCUT2D eigenvalue weighted by atomic mass is 35.5. The number of benzene rings is 2. The van der Waals surface area contributed by atoms with Crippen LogP contribution in [0.1, 0.15) is 12.0 Å². The Kier molecular flexibility index (Phi) is 6.92. The van der Waals surface area contributed by atoms with E-state index in [-0.39, 0.29) is 34.5 Å². The fourth-order valence-corrected chi connectivity index (χ4v) is 3.39. The summed E-state index contributed by atoms with van der Waals surface area (Å²) in [5.74, 6) is -0.0284. The smallest absolute Gasteiger partial charge is 0.312 e. The Morgan fingerprint density at radius 2 is 1.88 bits per heavy atom. The summed E-state index contributed by atoms with van der Waals surface area (Å²) in [5.41, 5.74) is 5.74. The highest BCUT2D eigenvalue weighted by Crippen LogP contribution is 2.34. The Morgan fingerprint density at radius 3 is 2.50 bits per heavy atom. The van der Waals surface area contributed by atoms with Crippen molar-refractivity contribution in [2.45, 2.75) is 17.9 Å². The number of hydrogen-bond donors (Lipinski definition) is 2. The van der Waals surface area contributed by atoms with Gasteiger partial charge in [0.2, 0.25) is 15.8 Å². The van der Waals surface area contributed by atoms with Gasteiger partial charge in [-0.2, -0.15) is 0 Å². The molecule has 2 aromatic rings. The topological polar surface area (TPSA) is 125 Å². The third-order valence-corrected chi connectivity index (χ3v) is 5.21. The lowest BCUT2D eigenvalue weighted by Crippen LogP contribution is -2.26. The van der Waals surface area contributed by atoms with Crippen molar-refractivity contribution >= 4 is 27.3 Å². The van der Waals surface area contributed by atoms with E-state index in [1.165, 1.54) is 30.3 Å². The van der Waals surface area contributed by atoms with Crippen molar-refractivity contribution in [2.24, 2.45) is 5.73 Å². The molecule has 0 bridgehead atoms. The Bertz CT molecular complexity index is 872. The van der Waals surface area contributed by atoms with Gasteiger partial charge >= 0.3 is 5.69 Å². The fraction of sp³-hybridized carbons (Fsp3) is 0.250. The fourth-order valence-electron chi connectivity index (χ4n) is 2.10. The maximum Gasteiger partial charge on any atom is 0.312 e. The molecule has 26 heavy (non-hydrogen) atoms. The normalized spacial score (nSPS) is 11.3. The van der Waals surface area contributed by atoms with Gasteiger partial charge in [0.1, 0.15) is 6.61 Å². The van der Waals surface area contributed by atoms with Gasteiger partial charge in [-0.1, -0.05) is 29.8 Å². The van der Waals surface area contributed by atoms with Crippen LogP contribution in [0.4, 0.5) is 5.69 Å². The van der Waals surface area contributed by atoms with E-state index >= 15 is 0 Å². The lowest BCUT2D eigenvalue weighted by molar-refractivity contribution is -0.385.